The maximum Gasteiger partial charge on any atom is 0.150 e. The Morgan fingerprint density at radius 1 is 0.846 bits per heavy atom. The Hall–Kier alpha value is -2.76. The second kappa shape index (κ2) is 5.90. The minimum absolute atomic E-state index is 0.651. The fraction of sp³-hybridized carbons (Fsp3) is 0.400. The number of anilines is 2. The van der Waals surface area contributed by atoms with Crippen LogP contribution >= 0.6 is 0 Å². The van der Waals surface area contributed by atoms with E-state index < -0.39 is 0 Å². The molecule has 6 heteroatoms. The number of nitrogens with zero attached hydrogens (tertiary/aromatic N) is 6. The average Bonchev–Trinajstić information content (AvgIpc) is 3.20. The van der Waals surface area contributed by atoms with Gasteiger partial charge in [-0.05, 0) is 26.0 Å². The molecule has 0 saturated carbocycles. The van der Waals surface area contributed by atoms with Crippen LogP contribution in [0.1, 0.15) is 11.4 Å². The van der Waals surface area contributed by atoms with Crippen molar-refractivity contribution in [1.29, 1.82) is 0 Å². The molecule has 3 aromatic rings. The van der Waals surface area contributed by atoms with E-state index in [1.807, 2.05) is 31.2 Å². The summed E-state index contributed by atoms with van der Waals surface area (Å²) in [5, 5.41) is 0. The van der Waals surface area contributed by atoms with Crippen molar-refractivity contribution in [3.05, 3.63) is 48.0 Å². The Labute approximate surface area is 152 Å². The molecule has 2 unspecified atom stereocenters. The van der Waals surface area contributed by atoms with E-state index in [1.165, 1.54) is 0 Å². The van der Waals surface area contributed by atoms with E-state index in [2.05, 4.69) is 32.8 Å². The fourth-order valence-electron chi connectivity index (χ4n) is 4.34. The molecule has 0 spiro atoms. The quantitative estimate of drug-likeness (QED) is 0.711. The Balaban J connectivity index is 1.36. The Kier molecular flexibility index (Phi) is 3.51. The summed E-state index contributed by atoms with van der Waals surface area (Å²) in [6.07, 6.45) is 1.67. The zero-order chi connectivity index (χ0) is 17.7. The molecule has 2 atom stereocenters. The highest BCUT2D eigenvalue weighted by molar-refractivity contribution is 5.76. The van der Waals surface area contributed by atoms with E-state index in [4.69, 9.17) is 9.97 Å². The van der Waals surface area contributed by atoms with Gasteiger partial charge in [0, 0.05) is 49.8 Å². The van der Waals surface area contributed by atoms with Crippen molar-refractivity contribution in [2.45, 2.75) is 13.8 Å². The highest BCUT2D eigenvalue weighted by Crippen LogP contribution is 2.36. The van der Waals surface area contributed by atoms with Gasteiger partial charge in [0.25, 0.3) is 0 Å². The van der Waals surface area contributed by atoms with Crippen molar-refractivity contribution < 1.29 is 0 Å². The number of aromatic nitrogens is 4. The standard InChI is InChI=1S/C20H22N6/c1-13-7-19(22-12-21-13)25-8-15-10-26(11-16(15)9-25)20-14(2)23-17-5-3-4-6-18(17)24-20/h3-7,12,15-16H,8-11H2,1-2H3. The molecule has 0 aliphatic carbocycles. The van der Waals surface area contributed by atoms with Gasteiger partial charge in [-0.1, -0.05) is 12.1 Å². The Morgan fingerprint density at radius 2 is 1.50 bits per heavy atom. The molecular weight excluding hydrogens is 324 g/mol. The molecule has 0 bridgehead atoms. The van der Waals surface area contributed by atoms with Crippen molar-refractivity contribution in [2.24, 2.45) is 11.8 Å². The third-order valence-corrected chi connectivity index (χ3v) is 5.62. The summed E-state index contributed by atoms with van der Waals surface area (Å²) >= 11 is 0. The van der Waals surface area contributed by atoms with Crippen molar-refractivity contribution >= 4 is 22.7 Å². The van der Waals surface area contributed by atoms with E-state index >= 15 is 0 Å². The van der Waals surface area contributed by atoms with Gasteiger partial charge < -0.3 is 9.80 Å². The third kappa shape index (κ3) is 2.57. The molecule has 2 aliphatic rings. The molecule has 2 aliphatic heterocycles. The lowest BCUT2D eigenvalue weighted by atomic mass is 10.0. The van der Waals surface area contributed by atoms with Gasteiger partial charge in [0.05, 0.1) is 16.7 Å². The van der Waals surface area contributed by atoms with Gasteiger partial charge in [0.15, 0.2) is 5.82 Å². The van der Waals surface area contributed by atoms with Crippen LogP contribution in [0.5, 0.6) is 0 Å². The first kappa shape index (κ1) is 15.5. The van der Waals surface area contributed by atoms with Crippen LogP contribution in [-0.2, 0) is 0 Å². The summed E-state index contributed by atoms with van der Waals surface area (Å²) in [7, 11) is 0. The minimum Gasteiger partial charge on any atom is -0.356 e. The maximum atomic E-state index is 4.90. The first-order chi connectivity index (χ1) is 12.7. The van der Waals surface area contributed by atoms with Gasteiger partial charge in [-0.2, -0.15) is 0 Å². The average molecular weight is 346 g/mol. The number of fused-ring (bicyclic) bond motifs is 2. The largest absolute Gasteiger partial charge is 0.356 e. The molecule has 132 valence electrons. The van der Waals surface area contributed by atoms with Crippen LogP contribution in [0.4, 0.5) is 11.6 Å². The van der Waals surface area contributed by atoms with Crippen molar-refractivity contribution in [3.8, 4) is 0 Å². The van der Waals surface area contributed by atoms with Gasteiger partial charge in [-0.15, -0.1) is 0 Å². The molecule has 6 nitrogen and oxygen atoms in total. The number of benzene rings is 1. The molecule has 2 aromatic heterocycles. The molecule has 0 N–H and O–H groups in total. The summed E-state index contributed by atoms with van der Waals surface area (Å²) < 4.78 is 0. The van der Waals surface area contributed by atoms with E-state index in [0.29, 0.717) is 11.8 Å². The van der Waals surface area contributed by atoms with Crippen LogP contribution in [0.2, 0.25) is 0 Å². The SMILES string of the molecule is Cc1cc(N2CC3CN(c4nc5ccccc5nc4C)CC3C2)ncn1. The number of hydrogen-bond donors (Lipinski definition) is 0. The minimum atomic E-state index is 0.651. The normalized spacial score (nSPS) is 22.2. The predicted octanol–water partition coefficient (Wildman–Crippen LogP) is 2.61. The third-order valence-electron chi connectivity index (χ3n) is 5.62. The zero-order valence-corrected chi connectivity index (χ0v) is 15.1. The molecule has 2 saturated heterocycles. The summed E-state index contributed by atoms with van der Waals surface area (Å²) in [5.41, 5.74) is 3.99. The smallest absolute Gasteiger partial charge is 0.150 e. The van der Waals surface area contributed by atoms with Crippen LogP contribution in [-0.4, -0.2) is 46.1 Å². The highest BCUT2D eigenvalue weighted by atomic mass is 15.3. The maximum absolute atomic E-state index is 4.90. The summed E-state index contributed by atoms with van der Waals surface area (Å²) in [5.74, 6) is 3.40. The monoisotopic (exact) mass is 346 g/mol. The van der Waals surface area contributed by atoms with E-state index in [9.17, 15) is 0 Å². The molecule has 5 rings (SSSR count). The van der Waals surface area contributed by atoms with Gasteiger partial charge in [0.2, 0.25) is 0 Å². The molecule has 0 radical (unpaired) electrons. The summed E-state index contributed by atoms with van der Waals surface area (Å²) in [6.45, 7) is 8.28. The second-order valence-corrected chi connectivity index (χ2v) is 7.47. The van der Waals surface area contributed by atoms with Gasteiger partial charge in [0.1, 0.15) is 12.1 Å². The van der Waals surface area contributed by atoms with Crippen LogP contribution in [0, 0.1) is 25.7 Å². The molecule has 4 heterocycles. The van der Waals surface area contributed by atoms with E-state index in [1.54, 1.807) is 6.33 Å². The Morgan fingerprint density at radius 3 is 2.19 bits per heavy atom. The van der Waals surface area contributed by atoms with E-state index in [-0.39, 0.29) is 0 Å². The molecule has 1 aromatic carbocycles. The van der Waals surface area contributed by atoms with Crippen molar-refractivity contribution in [3.63, 3.8) is 0 Å². The number of para-hydroxylation sites is 2. The van der Waals surface area contributed by atoms with Gasteiger partial charge in [-0.3, -0.25) is 0 Å². The molecular formula is C20H22N6. The predicted molar refractivity (Wildman–Crippen MR) is 102 cm³/mol. The van der Waals surface area contributed by atoms with Crippen molar-refractivity contribution in [2.75, 3.05) is 36.0 Å². The van der Waals surface area contributed by atoms with Crippen LogP contribution in [0.15, 0.2) is 36.7 Å². The molecule has 0 amide bonds. The Bertz CT molecular complexity index is 957. The highest BCUT2D eigenvalue weighted by Gasteiger charge is 2.41. The lowest BCUT2D eigenvalue weighted by Gasteiger charge is -2.24. The zero-order valence-electron chi connectivity index (χ0n) is 15.1. The first-order valence-electron chi connectivity index (χ1n) is 9.19. The first-order valence-corrected chi connectivity index (χ1v) is 9.19. The number of rotatable bonds is 2. The van der Waals surface area contributed by atoms with E-state index in [0.717, 1.165) is 60.2 Å². The number of hydrogen-bond acceptors (Lipinski definition) is 6. The van der Waals surface area contributed by atoms with Gasteiger partial charge in [-0.25, -0.2) is 19.9 Å². The number of aryl methyl sites for hydroxylation is 2. The lowest BCUT2D eigenvalue weighted by Crippen LogP contribution is -2.30. The molecule has 2 fully saturated rings. The van der Waals surface area contributed by atoms with Crippen LogP contribution in [0.3, 0.4) is 0 Å². The van der Waals surface area contributed by atoms with Gasteiger partial charge >= 0.3 is 0 Å². The van der Waals surface area contributed by atoms with Crippen LogP contribution < -0.4 is 9.80 Å². The summed E-state index contributed by atoms with van der Waals surface area (Å²) in [4.78, 5) is 23.1. The summed E-state index contributed by atoms with van der Waals surface area (Å²) in [6, 6.07) is 10.2. The van der Waals surface area contributed by atoms with Crippen molar-refractivity contribution in [1.82, 2.24) is 19.9 Å². The second-order valence-electron chi connectivity index (χ2n) is 7.47. The topological polar surface area (TPSA) is 58.0 Å². The molecule has 26 heavy (non-hydrogen) atoms. The lowest BCUT2D eigenvalue weighted by molar-refractivity contribution is 0.533. The fourth-order valence-corrected chi connectivity index (χ4v) is 4.34. The van der Waals surface area contributed by atoms with Crippen LogP contribution in [0.25, 0.3) is 11.0 Å².